The summed E-state index contributed by atoms with van der Waals surface area (Å²) in [5.41, 5.74) is 0. The Morgan fingerprint density at radius 1 is 1.00 bits per heavy atom. The molecule has 0 aliphatic carbocycles. The third-order valence-corrected chi connectivity index (χ3v) is 2.94. The molecule has 4 N–H and O–H groups in total. The van der Waals surface area contributed by atoms with Crippen molar-refractivity contribution < 1.29 is 33.3 Å². The Balaban J connectivity index is 0. The van der Waals surface area contributed by atoms with Crippen molar-refractivity contribution >= 4 is 20.9 Å². The fourth-order valence-corrected chi connectivity index (χ4v) is 2.13. The predicted molar refractivity (Wildman–Crippen MR) is 59.9 cm³/mol. The van der Waals surface area contributed by atoms with Gasteiger partial charge in [-0.3, -0.25) is 4.55 Å². The minimum Gasteiger partial charge on any atom is -1.00 e. The molecule has 0 bridgehead atoms. The third-order valence-electron chi connectivity index (χ3n) is 2.03. The molecule has 16 heavy (non-hydrogen) atoms. The maximum atomic E-state index is 11.0. The smallest absolute Gasteiger partial charge is 1.00 e. The molecule has 0 aliphatic heterocycles. The van der Waals surface area contributed by atoms with Crippen LogP contribution in [-0.4, -0.2) is 13.0 Å². The second kappa shape index (κ2) is 5.48. The van der Waals surface area contributed by atoms with E-state index in [9.17, 15) is 8.42 Å². The Morgan fingerprint density at radius 2 is 1.56 bits per heavy atom. The molecule has 0 saturated heterocycles. The zero-order valence-corrected chi connectivity index (χ0v) is 9.74. The summed E-state index contributed by atoms with van der Waals surface area (Å²) in [6.45, 7) is 0. The Kier molecular flexibility index (Phi) is 5.20. The van der Waals surface area contributed by atoms with Crippen LogP contribution in [-0.2, 0) is 10.1 Å². The maximum absolute atomic E-state index is 11.0. The quantitative estimate of drug-likeness (QED) is 0.506. The van der Waals surface area contributed by atoms with Crippen LogP contribution >= 0.6 is 0 Å². The molecule has 0 spiro atoms. The monoisotopic (exact) mass is 233 g/mol. The summed E-state index contributed by atoms with van der Waals surface area (Å²) < 4.78 is 31.0. The van der Waals surface area contributed by atoms with Crippen LogP contribution in [0.3, 0.4) is 0 Å². The topological polar surface area (TPSA) is 89.4 Å². The molecule has 4 nitrogen and oxygen atoms in total. The zero-order valence-electron chi connectivity index (χ0n) is 9.92. The minimum absolute atomic E-state index is 0. The van der Waals surface area contributed by atoms with Crippen molar-refractivity contribution in [3.8, 4) is 0 Å². The standard InChI is InChI=1S/C10H8O3S.Li.H3N.H/c11-14(12,13)10-7-3-5-8-4-1-2-6-9(8)10;;;/h1-7H,(H,11,12,13);;1H3;/q;+1;;-1. The van der Waals surface area contributed by atoms with Crippen molar-refractivity contribution in [3.63, 3.8) is 0 Å². The molecular weight excluding hydrogens is 221 g/mol. The van der Waals surface area contributed by atoms with Gasteiger partial charge in [-0.1, -0.05) is 36.4 Å². The van der Waals surface area contributed by atoms with Crippen molar-refractivity contribution in [2.45, 2.75) is 4.90 Å². The maximum Gasteiger partial charge on any atom is 1.00 e. The van der Waals surface area contributed by atoms with E-state index in [2.05, 4.69) is 0 Å². The Hall–Kier alpha value is -0.833. The number of hydrogen-bond acceptors (Lipinski definition) is 3. The van der Waals surface area contributed by atoms with Crippen molar-refractivity contribution in [3.05, 3.63) is 42.5 Å². The molecule has 0 fully saturated rings. The van der Waals surface area contributed by atoms with Crippen molar-refractivity contribution in [1.82, 2.24) is 6.15 Å². The van der Waals surface area contributed by atoms with E-state index < -0.39 is 10.1 Å². The molecule has 0 aromatic heterocycles. The first-order chi connectivity index (χ1) is 6.59. The van der Waals surface area contributed by atoms with Gasteiger partial charge in [0.2, 0.25) is 0 Å². The normalized spacial score (nSPS) is 10.3. The van der Waals surface area contributed by atoms with Gasteiger partial charge in [0.1, 0.15) is 4.90 Å². The SMILES string of the molecule is N.O=S(=O)(O)c1cccc2ccccc12.[H-].[Li+]. The third kappa shape index (κ3) is 2.85. The molecule has 0 amide bonds. The van der Waals surface area contributed by atoms with Gasteiger partial charge < -0.3 is 7.58 Å². The van der Waals surface area contributed by atoms with Gasteiger partial charge >= 0.3 is 18.9 Å². The fourth-order valence-electron chi connectivity index (χ4n) is 1.42. The average molecular weight is 233 g/mol. The van der Waals surface area contributed by atoms with Crippen LogP contribution in [0.4, 0.5) is 0 Å². The van der Waals surface area contributed by atoms with Crippen LogP contribution in [0.2, 0.25) is 0 Å². The van der Waals surface area contributed by atoms with Crippen LogP contribution < -0.4 is 25.0 Å². The van der Waals surface area contributed by atoms with Gasteiger partial charge in [-0.2, -0.15) is 8.42 Å². The molecular formula is C10H12LiNO3S. The molecule has 2 rings (SSSR count). The van der Waals surface area contributed by atoms with E-state index in [-0.39, 0.29) is 31.3 Å². The summed E-state index contributed by atoms with van der Waals surface area (Å²) in [6.07, 6.45) is 0. The summed E-state index contributed by atoms with van der Waals surface area (Å²) in [5, 5.41) is 1.33. The molecule has 0 radical (unpaired) electrons. The van der Waals surface area contributed by atoms with E-state index in [0.29, 0.717) is 5.39 Å². The van der Waals surface area contributed by atoms with Crippen molar-refractivity contribution in [1.29, 1.82) is 0 Å². The van der Waals surface area contributed by atoms with E-state index in [4.69, 9.17) is 4.55 Å². The Labute approximate surface area is 108 Å². The minimum atomic E-state index is -4.13. The van der Waals surface area contributed by atoms with Gasteiger partial charge in [0.25, 0.3) is 10.1 Å². The second-order valence-corrected chi connectivity index (χ2v) is 4.34. The Bertz CT molecular complexity index is 584. The van der Waals surface area contributed by atoms with E-state index in [1.54, 1.807) is 30.3 Å². The molecule has 0 aliphatic rings. The Morgan fingerprint density at radius 3 is 2.19 bits per heavy atom. The molecule has 6 heteroatoms. The van der Waals surface area contributed by atoms with Crippen LogP contribution in [0.25, 0.3) is 10.8 Å². The fraction of sp³-hybridized carbons (Fsp3) is 0. The molecule has 0 heterocycles. The van der Waals surface area contributed by atoms with Gasteiger partial charge in [-0.05, 0) is 11.5 Å². The average Bonchev–Trinajstić information content (AvgIpc) is 2.15. The number of benzene rings is 2. The van der Waals surface area contributed by atoms with Gasteiger partial charge in [0.05, 0.1) is 0 Å². The second-order valence-electron chi connectivity index (χ2n) is 2.95. The predicted octanol–water partition coefficient (Wildman–Crippen LogP) is -0.635. The number of fused-ring (bicyclic) bond motifs is 1. The first-order valence-electron chi connectivity index (χ1n) is 4.04. The van der Waals surface area contributed by atoms with Crippen molar-refractivity contribution in [2.24, 2.45) is 0 Å². The van der Waals surface area contributed by atoms with E-state index >= 15 is 0 Å². The van der Waals surface area contributed by atoms with Gasteiger partial charge in [-0.15, -0.1) is 0 Å². The van der Waals surface area contributed by atoms with Gasteiger partial charge in [0.15, 0.2) is 0 Å². The first kappa shape index (κ1) is 15.2. The molecule has 0 saturated carbocycles. The van der Waals surface area contributed by atoms with Crippen LogP contribution in [0.1, 0.15) is 1.43 Å². The number of rotatable bonds is 1. The zero-order chi connectivity index (χ0) is 10.2. The number of hydrogen-bond donors (Lipinski definition) is 2. The summed E-state index contributed by atoms with van der Waals surface area (Å²) in [6, 6.07) is 11.8. The molecule has 2 aromatic carbocycles. The molecule has 0 unspecified atom stereocenters. The van der Waals surface area contributed by atoms with E-state index in [0.717, 1.165) is 5.39 Å². The summed E-state index contributed by atoms with van der Waals surface area (Å²) in [5.74, 6) is 0. The summed E-state index contributed by atoms with van der Waals surface area (Å²) in [7, 11) is -4.13. The van der Waals surface area contributed by atoms with E-state index in [1.165, 1.54) is 6.07 Å². The van der Waals surface area contributed by atoms with Crippen LogP contribution in [0.5, 0.6) is 0 Å². The summed E-state index contributed by atoms with van der Waals surface area (Å²) in [4.78, 5) is -0.0457. The molecule has 2 aromatic rings. The first-order valence-corrected chi connectivity index (χ1v) is 5.48. The molecule has 0 atom stereocenters. The van der Waals surface area contributed by atoms with Crippen molar-refractivity contribution in [2.75, 3.05) is 0 Å². The van der Waals surface area contributed by atoms with Crippen LogP contribution in [0, 0.1) is 0 Å². The van der Waals surface area contributed by atoms with E-state index in [1.807, 2.05) is 6.07 Å². The van der Waals surface area contributed by atoms with Crippen LogP contribution in [0.15, 0.2) is 47.4 Å². The largest absolute Gasteiger partial charge is 1.00 e. The van der Waals surface area contributed by atoms with Gasteiger partial charge in [-0.25, -0.2) is 0 Å². The molecule has 82 valence electrons. The van der Waals surface area contributed by atoms with Gasteiger partial charge in [0, 0.05) is 5.39 Å². The summed E-state index contributed by atoms with van der Waals surface area (Å²) >= 11 is 0.